The molecule has 1 amide bonds. The SMILES string of the molecule is CCN(CC)C(=O)C(C)Oc1c(-c2ccc(OC)c(OC)c2)oc2ccccc2c1=O. The van der Waals surface area contributed by atoms with Gasteiger partial charge in [-0.25, -0.2) is 0 Å². The van der Waals surface area contributed by atoms with Crippen molar-refractivity contribution < 1.29 is 23.4 Å². The summed E-state index contributed by atoms with van der Waals surface area (Å²) in [5.74, 6) is 1.04. The van der Waals surface area contributed by atoms with Gasteiger partial charge in [-0.2, -0.15) is 0 Å². The average molecular weight is 425 g/mol. The maximum Gasteiger partial charge on any atom is 0.263 e. The first kappa shape index (κ1) is 22.2. The maximum atomic E-state index is 13.3. The number of fused-ring (bicyclic) bond motifs is 1. The van der Waals surface area contributed by atoms with Crippen LogP contribution in [0, 0.1) is 0 Å². The van der Waals surface area contributed by atoms with E-state index in [0.29, 0.717) is 41.1 Å². The van der Waals surface area contributed by atoms with Gasteiger partial charge in [0, 0.05) is 18.7 Å². The van der Waals surface area contributed by atoms with E-state index in [1.54, 1.807) is 61.4 Å². The summed E-state index contributed by atoms with van der Waals surface area (Å²) in [6, 6.07) is 12.1. The summed E-state index contributed by atoms with van der Waals surface area (Å²) in [5.41, 5.74) is 0.649. The van der Waals surface area contributed by atoms with Gasteiger partial charge in [0.2, 0.25) is 11.2 Å². The summed E-state index contributed by atoms with van der Waals surface area (Å²) in [5, 5.41) is 0.379. The number of hydrogen-bond donors (Lipinski definition) is 0. The molecule has 0 bridgehead atoms. The van der Waals surface area contributed by atoms with Crippen LogP contribution in [0.15, 0.2) is 51.7 Å². The molecule has 2 aromatic carbocycles. The molecule has 0 saturated carbocycles. The van der Waals surface area contributed by atoms with Crippen LogP contribution in [0.2, 0.25) is 0 Å². The van der Waals surface area contributed by atoms with Gasteiger partial charge in [0.1, 0.15) is 5.58 Å². The quantitative estimate of drug-likeness (QED) is 0.540. The molecule has 0 fully saturated rings. The van der Waals surface area contributed by atoms with Crippen molar-refractivity contribution in [2.24, 2.45) is 0 Å². The van der Waals surface area contributed by atoms with Gasteiger partial charge in [-0.3, -0.25) is 9.59 Å². The van der Waals surface area contributed by atoms with Gasteiger partial charge in [-0.15, -0.1) is 0 Å². The third-order valence-corrected chi connectivity index (χ3v) is 5.12. The summed E-state index contributed by atoms with van der Waals surface area (Å²) in [6.07, 6.45) is -0.858. The van der Waals surface area contributed by atoms with Crippen molar-refractivity contribution in [3.05, 3.63) is 52.7 Å². The first-order valence-corrected chi connectivity index (χ1v) is 10.2. The summed E-state index contributed by atoms with van der Waals surface area (Å²) < 4.78 is 22.7. The van der Waals surface area contributed by atoms with Crippen molar-refractivity contribution in [3.63, 3.8) is 0 Å². The topological polar surface area (TPSA) is 78.2 Å². The van der Waals surface area contributed by atoms with E-state index in [-0.39, 0.29) is 22.8 Å². The van der Waals surface area contributed by atoms with Crippen LogP contribution in [0.3, 0.4) is 0 Å². The van der Waals surface area contributed by atoms with Gasteiger partial charge in [0.25, 0.3) is 5.91 Å². The van der Waals surface area contributed by atoms with E-state index in [1.807, 2.05) is 13.8 Å². The molecule has 7 nitrogen and oxygen atoms in total. The summed E-state index contributed by atoms with van der Waals surface area (Å²) in [4.78, 5) is 27.7. The summed E-state index contributed by atoms with van der Waals surface area (Å²) in [6.45, 7) is 6.53. The number of benzene rings is 2. The molecule has 0 aliphatic rings. The highest BCUT2D eigenvalue weighted by atomic mass is 16.5. The van der Waals surface area contributed by atoms with Crippen molar-refractivity contribution in [1.29, 1.82) is 0 Å². The molecule has 0 aliphatic heterocycles. The minimum Gasteiger partial charge on any atom is -0.493 e. The fourth-order valence-electron chi connectivity index (χ4n) is 3.42. The van der Waals surface area contributed by atoms with E-state index in [2.05, 4.69) is 0 Å². The monoisotopic (exact) mass is 425 g/mol. The molecule has 7 heteroatoms. The predicted octanol–water partition coefficient (Wildman–Crippen LogP) is 4.11. The second-order valence-corrected chi connectivity index (χ2v) is 6.93. The minimum atomic E-state index is -0.858. The van der Waals surface area contributed by atoms with Crippen LogP contribution >= 0.6 is 0 Å². The van der Waals surface area contributed by atoms with Crippen LogP contribution in [0.5, 0.6) is 17.2 Å². The Bertz CT molecular complexity index is 1130. The molecule has 3 rings (SSSR count). The van der Waals surface area contributed by atoms with Gasteiger partial charge in [-0.05, 0) is 51.1 Å². The third-order valence-electron chi connectivity index (χ3n) is 5.12. The second kappa shape index (κ2) is 9.55. The molecule has 0 N–H and O–H groups in total. The van der Waals surface area contributed by atoms with E-state index in [9.17, 15) is 9.59 Å². The van der Waals surface area contributed by atoms with Crippen molar-refractivity contribution >= 4 is 16.9 Å². The Morgan fingerprint density at radius 3 is 2.35 bits per heavy atom. The predicted molar refractivity (Wildman–Crippen MR) is 119 cm³/mol. The molecule has 31 heavy (non-hydrogen) atoms. The van der Waals surface area contributed by atoms with Crippen molar-refractivity contribution in [2.75, 3.05) is 27.3 Å². The highest BCUT2D eigenvalue weighted by molar-refractivity contribution is 5.84. The number of ether oxygens (including phenoxy) is 3. The van der Waals surface area contributed by atoms with Gasteiger partial charge in [-0.1, -0.05) is 12.1 Å². The Balaban J connectivity index is 2.17. The molecule has 0 aliphatic carbocycles. The van der Waals surface area contributed by atoms with Crippen LogP contribution in [0.25, 0.3) is 22.3 Å². The lowest BCUT2D eigenvalue weighted by Gasteiger charge is -2.24. The third kappa shape index (κ3) is 4.35. The zero-order valence-corrected chi connectivity index (χ0v) is 18.4. The van der Waals surface area contributed by atoms with Gasteiger partial charge >= 0.3 is 0 Å². The van der Waals surface area contributed by atoms with Crippen molar-refractivity contribution in [2.45, 2.75) is 26.9 Å². The molecule has 1 heterocycles. The first-order chi connectivity index (χ1) is 14.9. The highest BCUT2D eigenvalue weighted by Crippen LogP contribution is 2.37. The second-order valence-electron chi connectivity index (χ2n) is 6.93. The Morgan fingerprint density at radius 1 is 1.03 bits per heavy atom. The van der Waals surface area contributed by atoms with E-state index >= 15 is 0 Å². The van der Waals surface area contributed by atoms with Crippen LogP contribution < -0.4 is 19.6 Å². The minimum absolute atomic E-state index is 0.0149. The first-order valence-electron chi connectivity index (χ1n) is 10.2. The molecular weight excluding hydrogens is 398 g/mol. The number of para-hydroxylation sites is 1. The number of likely N-dealkylation sites (N-methyl/N-ethyl adjacent to an activating group) is 1. The lowest BCUT2D eigenvalue weighted by Crippen LogP contribution is -2.40. The Kier molecular flexibility index (Phi) is 6.84. The number of methoxy groups -OCH3 is 2. The smallest absolute Gasteiger partial charge is 0.263 e. The fourth-order valence-corrected chi connectivity index (χ4v) is 3.42. The number of nitrogens with zero attached hydrogens (tertiary/aromatic N) is 1. The Hall–Kier alpha value is -3.48. The molecule has 0 spiro atoms. The molecule has 3 aromatic rings. The standard InChI is InChI=1S/C24H27NO6/c1-6-25(7-2)24(27)15(3)30-23-21(26)17-10-8-9-11-18(17)31-22(23)16-12-13-19(28-4)20(14-16)29-5/h8-15H,6-7H2,1-5H3. The zero-order valence-electron chi connectivity index (χ0n) is 18.4. The highest BCUT2D eigenvalue weighted by Gasteiger charge is 2.25. The van der Waals surface area contributed by atoms with E-state index in [1.165, 1.54) is 7.11 Å². The Labute approximate surface area is 181 Å². The van der Waals surface area contributed by atoms with E-state index in [0.717, 1.165) is 0 Å². The zero-order chi connectivity index (χ0) is 22.5. The lowest BCUT2D eigenvalue weighted by molar-refractivity contribution is -0.137. The number of hydrogen-bond acceptors (Lipinski definition) is 6. The van der Waals surface area contributed by atoms with Crippen molar-refractivity contribution in [3.8, 4) is 28.6 Å². The molecule has 1 unspecified atom stereocenters. The Morgan fingerprint density at radius 2 is 1.71 bits per heavy atom. The van der Waals surface area contributed by atoms with Crippen LogP contribution in [0.4, 0.5) is 0 Å². The molecule has 0 saturated heterocycles. The molecule has 1 atom stereocenters. The fraction of sp³-hybridized carbons (Fsp3) is 0.333. The van der Waals surface area contributed by atoms with Crippen molar-refractivity contribution in [1.82, 2.24) is 4.90 Å². The van der Waals surface area contributed by atoms with E-state index in [4.69, 9.17) is 18.6 Å². The molecule has 164 valence electrons. The lowest BCUT2D eigenvalue weighted by atomic mass is 10.1. The number of rotatable bonds is 8. The summed E-state index contributed by atoms with van der Waals surface area (Å²) in [7, 11) is 3.07. The number of carbonyl (C=O) groups excluding carboxylic acids is 1. The number of carbonyl (C=O) groups is 1. The average Bonchev–Trinajstić information content (AvgIpc) is 2.80. The largest absolute Gasteiger partial charge is 0.493 e. The normalized spacial score (nSPS) is 11.8. The number of amides is 1. The van der Waals surface area contributed by atoms with E-state index < -0.39 is 6.10 Å². The van der Waals surface area contributed by atoms with Gasteiger partial charge < -0.3 is 23.5 Å². The van der Waals surface area contributed by atoms with Gasteiger partial charge in [0.15, 0.2) is 23.4 Å². The maximum absolute atomic E-state index is 13.3. The molecule has 1 aromatic heterocycles. The summed E-state index contributed by atoms with van der Waals surface area (Å²) >= 11 is 0. The van der Waals surface area contributed by atoms with Crippen LogP contribution in [0.1, 0.15) is 20.8 Å². The molecule has 0 radical (unpaired) electrons. The van der Waals surface area contributed by atoms with Gasteiger partial charge in [0.05, 0.1) is 19.6 Å². The van der Waals surface area contributed by atoms with Crippen LogP contribution in [-0.4, -0.2) is 44.2 Å². The molecular formula is C24H27NO6. The van der Waals surface area contributed by atoms with Crippen LogP contribution in [-0.2, 0) is 4.79 Å².